The first-order valence-electron chi connectivity index (χ1n) is 10.4. The zero-order chi connectivity index (χ0) is 22.9. The Morgan fingerprint density at radius 2 is 1.81 bits per heavy atom. The van der Waals surface area contributed by atoms with Crippen molar-refractivity contribution in [3.05, 3.63) is 43.1 Å². The molecule has 0 aliphatic carbocycles. The molecule has 0 bridgehead atoms. The predicted molar refractivity (Wildman–Crippen MR) is 116 cm³/mol. The van der Waals surface area contributed by atoms with E-state index < -0.39 is 12.7 Å². The third-order valence-corrected chi connectivity index (χ3v) is 5.51. The average Bonchev–Trinajstić information content (AvgIpc) is 3.20. The van der Waals surface area contributed by atoms with E-state index in [-0.39, 0.29) is 22.8 Å². The number of hydrogen-bond acceptors (Lipinski definition) is 4. The molecule has 1 fully saturated rings. The van der Waals surface area contributed by atoms with Gasteiger partial charge >= 0.3 is 6.18 Å². The van der Waals surface area contributed by atoms with Gasteiger partial charge in [0.15, 0.2) is 0 Å². The number of halogens is 3. The van der Waals surface area contributed by atoms with E-state index in [1.165, 1.54) is 30.7 Å². The molecule has 3 aromatic rings. The molecule has 1 aliphatic rings. The van der Waals surface area contributed by atoms with Crippen molar-refractivity contribution < 1.29 is 18.0 Å². The minimum Gasteiger partial charge on any atom is -0.337 e. The lowest BCUT2D eigenvalue weighted by Gasteiger charge is -2.19. The first-order valence-corrected chi connectivity index (χ1v) is 10.4. The SMILES string of the molecule is C=Cc1ncc(-c2nn(CC(F)(F)F)c3cc(C(=O)N4CCCCCC4)ncc23)n1C=C. The average molecular weight is 444 g/mol. The van der Waals surface area contributed by atoms with Crippen LogP contribution in [0.3, 0.4) is 0 Å². The van der Waals surface area contributed by atoms with E-state index in [0.29, 0.717) is 30.0 Å². The fourth-order valence-corrected chi connectivity index (χ4v) is 3.99. The van der Waals surface area contributed by atoms with Gasteiger partial charge in [0.05, 0.1) is 17.4 Å². The number of aromatic nitrogens is 5. The van der Waals surface area contributed by atoms with Gasteiger partial charge in [-0.15, -0.1) is 0 Å². The molecule has 1 saturated heterocycles. The Labute approximate surface area is 182 Å². The summed E-state index contributed by atoms with van der Waals surface area (Å²) in [6.07, 6.45) is 5.33. The number of nitrogens with zero attached hydrogens (tertiary/aromatic N) is 6. The van der Waals surface area contributed by atoms with Crippen LogP contribution in [0.1, 0.15) is 42.0 Å². The maximum Gasteiger partial charge on any atom is 0.408 e. The molecule has 0 unspecified atom stereocenters. The summed E-state index contributed by atoms with van der Waals surface area (Å²) in [7, 11) is 0. The second-order valence-corrected chi connectivity index (χ2v) is 7.67. The smallest absolute Gasteiger partial charge is 0.337 e. The highest BCUT2D eigenvalue weighted by Crippen LogP contribution is 2.31. The van der Waals surface area contributed by atoms with E-state index >= 15 is 0 Å². The lowest BCUT2D eigenvalue weighted by Crippen LogP contribution is -2.32. The highest BCUT2D eigenvalue weighted by molar-refractivity contribution is 5.99. The van der Waals surface area contributed by atoms with Crippen LogP contribution in [0, 0.1) is 0 Å². The maximum absolute atomic E-state index is 13.3. The summed E-state index contributed by atoms with van der Waals surface area (Å²) in [5, 5.41) is 4.61. The highest BCUT2D eigenvalue weighted by atomic mass is 19.4. The van der Waals surface area contributed by atoms with Crippen molar-refractivity contribution in [3.8, 4) is 11.4 Å². The number of pyridine rings is 1. The molecule has 4 heterocycles. The molecule has 4 rings (SSSR count). The third-order valence-electron chi connectivity index (χ3n) is 5.51. The molecule has 0 spiro atoms. The topological polar surface area (TPSA) is 68.8 Å². The summed E-state index contributed by atoms with van der Waals surface area (Å²) in [5.74, 6) is 0.203. The first kappa shape index (κ1) is 21.8. The molecule has 0 atom stereocenters. The molecule has 7 nitrogen and oxygen atoms in total. The van der Waals surface area contributed by atoms with Gasteiger partial charge in [0, 0.05) is 30.9 Å². The maximum atomic E-state index is 13.3. The third kappa shape index (κ3) is 4.17. The second-order valence-electron chi connectivity index (χ2n) is 7.67. The molecule has 0 saturated carbocycles. The summed E-state index contributed by atoms with van der Waals surface area (Å²) in [5.41, 5.74) is 1.01. The quantitative estimate of drug-likeness (QED) is 0.576. The molecular formula is C22H23F3N6O. The van der Waals surface area contributed by atoms with Crippen LogP contribution in [0.5, 0.6) is 0 Å². The number of carbonyl (C=O) groups excluding carboxylic acids is 1. The van der Waals surface area contributed by atoms with Crippen LogP contribution in [0.15, 0.2) is 31.6 Å². The molecule has 3 aromatic heterocycles. The molecule has 1 amide bonds. The molecule has 1 aliphatic heterocycles. The van der Waals surface area contributed by atoms with Crippen LogP contribution < -0.4 is 0 Å². The van der Waals surface area contributed by atoms with E-state index in [2.05, 4.69) is 28.2 Å². The predicted octanol–water partition coefficient (Wildman–Crippen LogP) is 4.62. The minimum absolute atomic E-state index is 0.110. The molecule has 32 heavy (non-hydrogen) atoms. The Balaban J connectivity index is 1.83. The number of carbonyl (C=O) groups is 1. The van der Waals surface area contributed by atoms with E-state index in [1.54, 1.807) is 9.47 Å². The summed E-state index contributed by atoms with van der Waals surface area (Å²) in [6.45, 7) is 7.37. The van der Waals surface area contributed by atoms with Crippen molar-refractivity contribution in [1.82, 2.24) is 29.2 Å². The van der Waals surface area contributed by atoms with Crippen LogP contribution in [0.25, 0.3) is 34.6 Å². The van der Waals surface area contributed by atoms with Crippen molar-refractivity contribution in [2.45, 2.75) is 38.4 Å². The molecule has 0 aromatic carbocycles. The van der Waals surface area contributed by atoms with E-state index in [9.17, 15) is 18.0 Å². The highest BCUT2D eigenvalue weighted by Gasteiger charge is 2.31. The number of imidazole rings is 1. The number of rotatable bonds is 5. The van der Waals surface area contributed by atoms with Gasteiger partial charge in [-0.05, 0) is 25.0 Å². The Bertz CT molecular complexity index is 1170. The van der Waals surface area contributed by atoms with Crippen LogP contribution >= 0.6 is 0 Å². The monoisotopic (exact) mass is 444 g/mol. The number of alkyl halides is 3. The fourth-order valence-electron chi connectivity index (χ4n) is 3.99. The Kier molecular flexibility index (Phi) is 5.86. The van der Waals surface area contributed by atoms with Crippen molar-refractivity contribution in [2.24, 2.45) is 0 Å². The fraction of sp³-hybridized carbons (Fsp3) is 0.364. The van der Waals surface area contributed by atoms with Gasteiger partial charge in [-0.25, -0.2) is 4.98 Å². The Morgan fingerprint density at radius 1 is 1.09 bits per heavy atom. The van der Waals surface area contributed by atoms with E-state index in [0.717, 1.165) is 30.4 Å². The van der Waals surface area contributed by atoms with Crippen LogP contribution in [-0.2, 0) is 6.54 Å². The van der Waals surface area contributed by atoms with E-state index in [4.69, 9.17) is 0 Å². The summed E-state index contributed by atoms with van der Waals surface area (Å²) >= 11 is 0. The van der Waals surface area contributed by atoms with Crippen LogP contribution in [0.2, 0.25) is 0 Å². The molecular weight excluding hydrogens is 421 g/mol. The Morgan fingerprint density at radius 3 is 2.44 bits per heavy atom. The number of hydrogen-bond donors (Lipinski definition) is 0. The normalized spacial score (nSPS) is 15.0. The van der Waals surface area contributed by atoms with Gasteiger partial charge in [-0.1, -0.05) is 26.0 Å². The summed E-state index contributed by atoms with van der Waals surface area (Å²) in [4.78, 5) is 23.2. The second kappa shape index (κ2) is 8.60. The molecule has 0 N–H and O–H groups in total. The molecule has 168 valence electrons. The summed E-state index contributed by atoms with van der Waals surface area (Å²) in [6, 6.07) is 1.40. The van der Waals surface area contributed by atoms with Gasteiger partial charge in [-0.2, -0.15) is 18.3 Å². The number of amides is 1. The van der Waals surface area contributed by atoms with Crippen molar-refractivity contribution in [2.75, 3.05) is 13.1 Å². The molecule has 0 radical (unpaired) electrons. The van der Waals surface area contributed by atoms with Gasteiger partial charge in [0.25, 0.3) is 5.91 Å². The van der Waals surface area contributed by atoms with Gasteiger partial charge in [0.2, 0.25) is 0 Å². The van der Waals surface area contributed by atoms with Crippen LogP contribution in [-0.4, -0.2) is 54.4 Å². The summed E-state index contributed by atoms with van der Waals surface area (Å²) < 4.78 is 42.3. The molecule has 10 heteroatoms. The Hall–Kier alpha value is -3.43. The van der Waals surface area contributed by atoms with Crippen molar-refractivity contribution >= 4 is 29.1 Å². The van der Waals surface area contributed by atoms with Crippen LogP contribution in [0.4, 0.5) is 13.2 Å². The zero-order valence-electron chi connectivity index (χ0n) is 17.5. The number of likely N-dealkylation sites (tertiary alicyclic amines) is 1. The largest absolute Gasteiger partial charge is 0.408 e. The van der Waals surface area contributed by atoms with Gasteiger partial charge in [-0.3, -0.25) is 19.0 Å². The number of fused-ring (bicyclic) bond motifs is 1. The van der Waals surface area contributed by atoms with Crippen molar-refractivity contribution in [3.63, 3.8) is 0 Å². The van der Waals surface area contributed by atoms with Gasteiger partial charge in [0.1, 0.15) is 23.8 Å². The van der Waals surface area contributed by atoms with Crippen molar-refractivity contribution in [1.29, 1.82) is 0 Å². The van der Waals surface area contributed by atoms with Gasteiger partial charge < -0.3 is 4.90 Å². The zero-order valence-corrected chi connectivity index (χ0v) is 17.5. The lowest BCUT2D eigenvalue weighted by molar-refractivity contribution is -0.141. The van der Waals surface area contributed by atoms with E-state index in [1.807, 2.05) is 0 Å². The standard InChI is InChI=1S/C22H23F3N6O/c1-3-19-27-13-18(30(19)4-2)20-15-12-26-16(21(32)29-9-7-5-6-8-10-29)11-17(15)31(28-20)14-22(23,24)25/h3-4,11-13H,1-2,5-10,14H2. The first-order chi connectivity index (χ1) is 15.3. The minimum atomic E-state index is -4.49. The lowest BCUT2D eigenvalue weighted by atomic mass is 10.2.